The van der Waals surface area contributed by atoms with E-state index in [0.29, 0.717) is 45.2 Å². The van der Waals surface area contributed by atoms with Crippen molar-refractivity contribution < 1.29 is 18.6 Å². The van der Waals surface area contributed by atoms with Crippen molar-refractivity contribution in [1.82, 2.24) is 24.8 Å². The Kier molecular flexibility index (Phi) is 10.5. The van der Waals surface area contributed by atoms with E-state index in [9.17, 15) is 4.39 Å². The Balaban J connectivity index is 1.28. The molecule has 4 heterocycles. The Labute approximate surface area is 286 Å². The molecule has 254 valence electrons. The fraction of sp³-hybridized carbons (Fsp3) is 0.444. The molecule has 4 aromatic rings. The van der Waals surface area contributed by atoms with Crippen molar-refractivity contribution in [2.45, 2.75) is 64.0 Å². The van der Waals surface area contributed by atoms with Gasteiger partial charge >= 0.3 is 6.01 Å². The van der Waals surface area contributed by atoms with Crippen LogP contribution in [0.2, 0.25) is 5.28 Å². The van der Waals surface area contributed by atoms with Gasteiger partial charge in [0.15, 0.2) is 0 Å². The second-order valence-electron chi connectivity index (χ2n) is 12.5. The number of alkyl halides is 1. The molecule has 0 N–H and O–H groups in total. The average Bonchev–Trinajstić information content (AvgIpc) is 3.63. The molecule has 0 bridgehead atoms. The van der Waals surface area contributed by atoms with Gasteiger partial charge in [-0.1, -0.05) is 30.3 Å². The molecular weight excluding hydrogens is 633 g/mol. The summed E-state index contributed by atoms with van der Waals surface area (Å²) in [5.74, 6) is 2.86. The van der Waals surface area contributed by atoms with E-state index in [-0.39, 0.29) is 22.9 Å². The summed E-state index contributed by atoms with van der Waals surface area (Å²) in [4.78, 5) is 25.0. The van der Waals surface area contributed by atoms with Crippen LogP contribution < -0.4 is 24.0 Å². The van der Waals surface area contributed by atoms with E-state index in [1.165, 1.54) is 0 Å². The van der Waals surface area contributed by atoms with Gasteiger partial charge in [0.2, 0.25) is 11.2 Å². The van der Waals surface area contributed by atoms with E-state index >= 15 is 0 Å². The molecule has 3 atom stereocenters. The van der Waals surface area contributed by atoms with E-state index < -0.39 is 6.17 Å². The van der Waals surface area contributed by atoms with E-state index in [1.54, 1.807) is 14.2 Å². The molecule has 2 aliphatic rings. The van der Waals surface area contributed by atoms with Gasteiger partial charge in [-0.15, -0.1) is 0 Å². The van der Waals surface area contributed by atoms with Crippen LogP contribution in [0.1, 0.15) is 55.8 Å². The maximum Gasteiger partial charge on any atom is 0.322 e. The van der Waals surface area contributed by atoms with E-state index in [2.05, 4.69) is 61.9 Å². The summed E-state index contributed by atoms with van der Waals surface area (Å²) in [5, 5.41) is 0.0447. The van der Waals surface area contributed by atoms with Crippen LogP contribution in [-0.2, 0) is 13.1 Å². The number of anilines is 2. The zero-order chi connectivity index (χ0) is 33.7. The Bertz CT molecular complexity index is 1620. The SMILES string of the molecule is CCN(c1nc(Cl)nc(OC[C@@]23CCCN2C[C@H](F)C3)n1)[C@H](C)c1cccnc1N(Cc1ccc(OC)cc1)Cc1ccc(OC)cc1. The highest BCUT2D eigenvalue weighted by Crippen LogP contribution is 2.40. The van der Waals surface area contributed by atoms with Crippen molar-refractivity contribution in [2.75, 3.05) is 50.3 Å². The molecule has 0 aliphatic carbocycles. The maximum absolute atomic E-state index is 14.4. The molecule has 2 aromatic heterocycles. The molecular formula is C36H43ClFN7O3. The molecule has 0 unspecified atom stereocenters. The lowest BCUT2D eigenvalue weighted by molar-refractivity contribution is 0.107. The Morgan fingerprint density at radius 3 is 2.27 bits per heavy atom. The second kappa shape index (κ2) is 14.9. The summed E-state index contributed by atoms with van der Waals surface area (Å²) in [6.07, 6.45) is 3.36. The zero-order valence-corrected chi connectivity index (χ0v) is 28.7. The largest absolute Gasteiger partial charge is 0.497 e. The summed E-state index contributed by atoms with van der Waals surface area (Å²) in [6, 6.07) is 20.2. The van der Waals surface area contributed by atoms with Crippen LogP contribution in [0.3, 0.4) is 0 Å². The first-order valence-electron chi connectivity index (χ1n) is 16.5. The lowest BCUT2D eigenvalue weighted by Crippen LogP contribution is -2.43. The number of pyridine rings is 1. The normalized spacial score (nSPS) is 19.5. The lowest BCUT2D eigenvalue weighted by Gasteiger charge is -2.33. The standard InChI is InChI=1S/C36H43ClFN7O3/c1-5-45(34-40-33(37)41-35(42-34)48-24-36-17-7-19-44(36)23-28(38)20-36)25(2)31-8-6-18-39-32(31)43(21-26-9-13-29(46-3)14-10-26)22-27-11-15-30(47-4)16-12-27/h6,8-16,18,25,28H,5,7,17,19-24H2,1-4H3/t25-,28-,36+/m1/s1. The highest BCUT2D eigenvalue weighted by molar-refractivity contribution is 6.28. The minimum Gasteiger partial charge on any atom is -0.497 e. The molecule has 0 amide bonds. The first-order chi connectivity index (χ1) is 23.3. The summed E-state index contributed by atoms with van der Waals surface area (Å²) >= 11 is 6.46. The Morgan fingerprint density at radius 1 is 0.979 bits per heavy atom. The van der Waals surface area contributed by atoms with Gasteiger partial charge in [0.25, 0.3) is 0 Å². The topological polar surface area (TPSA) is 89.0 Å². The predicted octanol–water partition coefficient (Wildman–Crippen LogP) is 6.69. The van der Waals surface area contributed by atoms with Crippen molar-refractivity contribution in [1.29, 1.82) is 0 Å². The number of methoxy groups -OCH3 is 2. The quantitative estimate of drug-likeness (QED) is 0.144. The number of rotatable bonds is 14. The summed E-state index contributed by atoms with van der Waals surface area (Å²) in [5.41, 5.74) is 2.92. The zero-order valence-electron chi connectivity index (χ0n) is 28.0. The molecule has 2 saturated heterocycles. The first-order valence-corrected chi connectivity index (χ1v) is 16.8. The molecule has 2 fully saturated rings. The number of aromatic nitrogens is 4. The summed E-state index contributed by atoms with van der Waals surface area (Å²) < 4.78 is 31.3. The first kappa shape index (κ1) is 33.7. The van der Waals surface area contributed by atoms with Crippen LogP contribution >= 0.6 is 11.6 Å². The fourth-order valence-corrected chi connectivity index (χ4v) is 7.17. The lowest BCUT2D eigenvalue weighted by atomic mass is 9.95. The van der Waals surface area contributed by atoms with Crippen molar-refractivity contribution >= 4 is 23.4 Å². The third-order valence-corrected chi connectivity index (χ3v) is 9.67. The number of fused-ring (bicyclic) bond motifs is 1. The van der Waals surface area contributed by atoms with Crippen LogP contribution in [0.15, 0.2) is 66.9 Å². The van der Waals surface area contributed by atoms with E-state index in [4.69, 9.17) is 35.8 Å². The molecule has 10 nitrogen and oxygen atoms in total. The van der Waals surface area contributed by atoms with Crippen molar-refractivity contribution in [3.05, 3.63) is 88.8 Å². The molecule has 0 saturated carbocycles. The second-order valence-corrected chi connectivity index (χ2v) is 12.8. The monoisotopic (exact) mass is 675 g/mol. The number of hydrogen-bond acceptors (Lipinski definition) is 10. The molecule has 6 rings (SSSR count). The third kappa shape index (κ3) is 7.42. The van der Waals surface area contributed by atoms with Crippen LogP contribution in [0.5, 0.6) is 17.5 Å². The number of halogens is 2. The van der Waals surface area contributed by atoms with Gasteiger partial charge in [0.1, 0.15) is 30.1 Å². The van der Waals surface area contributed by atoms with Gasteiger partial charge in [-0.2, -0.15) is 15.0 Å². The van der Waals surface area contributed by atoms with Crippen molar-refractivity contribution in [3.63, 3.8) is 0 Å². The van der Waals surface area contributed by atoms with E-state index in [0.717, 1.165) is 53.4 Å². The van der Waals surface area contributed by atoms with Gasteiger partial charge in [-0.3, -0.25) is 4.90 Å². The number of benzene rings is 2. The third-order valence-electron chi connectivity index (χ3n) is 9.50. The molecule has 0 spiro atoms. The van der Waals surface area contributed by atoms with Gasteiger partial charge in [0.05, 0.1) is 25.8 Å². The van der Waals surface area contributed by atoms with Crippen LogP contribution in [0.4, 0.5) is 16.2 Å². The molecule has 2 aliphatic heterocycles. The average molecular weight is 676 g/mol. The smallest absolute Gasteiger partial charge is 0.322 e. The molecule has 12 heteroatoms. The van der Waals surface area contributed by atoms with Gasteiger partial charge in [-0.25, -0.2) is 9.37 Å². The maximum atomic E-state index is 14.4. The van der Waals surface area contributed by atoms with Gasteiger partial charge < -0.3 is 24.0 Å². The van der Waals surface area contributed by atoms with Gasteiger partial charge in [0, 0.05) is 44.4 Å². The van der Waals surface area contributed by atoms with Gasteiger partial charge in [-0.05, 0) is 86.3 Å². The highest BCUT2D eigenvalue weighted by Gasteiger charge is 2.49. The van der Waals surface area contributed by atoms with Crippen LogP contribution in [-0.4, -0.2) is 77.0 Å². The van der Waals surface area contributed by atoms with Crippen LogP contribution in [0, 0.1) is 0 Å². The number of hydrogen-bond donors (Lipinski definition) is 0. The highest BCUT2D eigenvalue weighted by atomic mass is 35.5. The molecule has 0 radical (unpaired) electrons. The Morgan fingerprint density at radius 2 is 1.65 bits per heavy atom. The van der Waals surface area contributed by atoms with Crippen molar-refractivity contribution in [3.8, 4) is 17.5 Å². The minimum atomic E-state index is -0.842. The minimum absolute atomic E-state index is 0.0447. The number of nitrogens with zero attached hydrogens (tertiary/aromatic N) is 7. The summed E-state index contributed by atoms with van der Waals surface area (Å²) in [7, 11) is 3.33. The summed E-state index contributed by atoms with van der Waals surface area (Å²) in [6.45, 7) is 7.63. The fourth-order valence-electron chi connectivity index (χ4n) is 7.03. The predicted molar refractivity (Wildman–Crippen MR) is 185 cm³/mol. The number of ether oxygens (including phenoxy) is 3. The van der Waals surface area contributed by atoms with E-state index in [1.807, 2.05) is 43.5 Å². The molecule has 2 aromatic carbocycles. The van der Waals surface area contributed by atoms with Crippen LogP contribution in [0.25, 0.3) is 0 Å². The van der Waals surface area contributed by atoms with Crippen molar-refractivity contribution in [2.24, 2.45) is 0 Å². The Hall–Kier alpha value is -4.22. The molecule has 48 heavy (non-hydrogen) atoms.